The van der Waals surface area contributed by atoms with Crippen LogP contribution in [0.2, 0.25) is 0 Å². The first kappa shape index (κ1) is 16.2. The monoisotopic (exact) mass is 330 g/mol. The van der Waals surface area contributed by atoms with Gasteiger partial charge in [-0.05, 0) is 54.9 Å². The Morgan fingerprint density at radius 3 is 2.54 bits per heavy atom. The van der Waals surface area contributed by atoms with E-state index >= 15 is 0 Å². The quantitative estimate of drug-likeness (QED) is 0.639. The molecule has 2 nitrogen and oxygen atoms in total. The molecular formula is C21H27FO2. The Kier molecular flexibility index (Phi) is 3.31. The molecule has 0 bridgehead atoms. The lowest BCUT2D eigenvalue weighted by Gasteiger charge is -2.59. The van der Waals surface area contributed by atoms with E-state index in [2.05, 4.69) is 27.4 Å². The van der Waals surface area contributed by atoms with Gasteiger partial charge in [0.2, 0.25) is 0 Å². The second-order valence-electron chi connectivity index (χ2n) is 9.10. The third-order valence-corrected chi connectivity index (χ3v) is 8.27. The zero-order chi connectivity index (χ0) is 17.4. The number of allylic oxidation sites excluding steroid dienone is 2. The molecule has 4 rings (SSSR count). The molecule has 0 radical (unpaired) electrons. The molecule has 4 aliphatic rings. The zero-order valence-electron chi connectivity index (χ0n) is 15.0. The smallest absolute Gasteiger partial charge is 0.191 e. The highest BCUT2D eigenvalue weighted by molar-refractivity contribution is 5.96. The van der Waals surface area contributed by atoms with E-state index in [-0.39, 0.29) is 22.5 Å². The van der Waals surface area contributed by atoms with Gasteiger partial charge in [0.1, 0.15) is 5.78 Å². The molecular weight excluding hydrogens is 303 g/mol. The molecule has 0 aliphatic heterocycles. The third kappa shape index (κ3) is 1.76. The first-order valence-corrected chi connectivity index (χ1v) is 9.36. The molecule has 0 aromatic heterocycles. The van der Waals surface area contributed by atoms with Gasteiger partial charge in [0, 0.05) is 29.2 Å². The fourth-order valence-electron chi connectivity index (χ4n) is 6.76. The van der Waals surface area contributed by atoms with Gasteiger partial charge in [-0.15, -0.1) is 0 Å². The van der Waals surface area contributed by atoms with Crippen LogP contribution in [0.5, 0.6) is 0 Å². The molecule has 4 aliphatic carbocycles. The van der Waals surface area contributed by atoms with Crippen molar-refractivity contribution in [1.29, 1.82) is 0 Å². The van der Waals surface area contributed by atoms with Gasteiger partial charge in [-0.1, -0.05) is 27.4 Å². The summed E-state index contributed by atoms with van der Waals surface area (Å²) in [5.41, 5.74) is 0.913. The van der Waals surface area contributed by atoms with E-state index < -0.39 is 5.83 Å². The average Bonchev–Trinajstić information content (AvgIpc) is 2.81. The van der Waals surface area contributed by atoms with E-state index in [1.165, 1.54) is 0 Å². The second-order valence-corrected chi connectivity index (χ2v) is 9.10. The minimum Gasteiger partial charge on any atom is -0.299 e. The highest BCUT2D eigenvalue weighted by Gasteiger charge is 2.61. The normalized spacial score (nSPS) is 48.2. The van der Waals surface area contributed by atoms with Gasteiger partial charge in [0.15, 0.2) is 11.6 Å². The Morgan fingerprint density at radius 2 is 1.83 bits per heavy atom. The van der Waals surface area contributed by atoms with E-state index in [9.17, 15) is 14.0 Å². The van der Waals surface area contributed by atoms with E-state index in [1.807, 2.05) is 0 Å². The highest BCUT2D eigenvalue weighted by Crippen LogP contribution is 2.67. The van der Waals surface area contributed by atoms with Gasteiger partial charge in [0.05, 0.1) is 0 Å². The van der Waals surface area contributed by atoms with Gasteiger partial charge in [-0.3, -0.25) is 9.59 Å². The largest absolute Gasteiger partial charge is 0.299 e. The first-order chi connectivity index (χ1) is 11.2. The van der Waals surface area contributed by atoms with Crippen molar-refractivity contribution >= 4 is 11.6 Å². The van der Waals surface area contributed by atoms with Crippen molar-refractivity contribution in [2.75, 3.05) is 0 Å². The lowest BCUT2D eigenvalue weighted by atomic mass is 9.44. The summed E-state index contributed by atoms with van der Waals surface area (Å²) in [6.07, 6.45) is 4.57. The van der Waals surface area contributed by atoms with Gasteiger partial charge in [-0.25, -0.2) is 4.39 Å². The molecule has 0 aromatic carbocycles. The van der Waals surface area contributed by atoms with Gasteiger partial charge in [-0.2, -0.15) is 0 Å². The van der Waals surface area contributed by atoms with Gasteiger partial charge < -0.3 is 0 Å². The predicted molar refractivity (Wildman–Crippen MR) is 90.8 cm³/mol. The summed E-state index contributed by atoms with van der Waals surface area (Å²) in [6.45, 7) is 10.6. The highest BCUT2D eigenvalue weighted by atomic mass is 19.1. The molecule has 0 spiro atoms. The van der Waals surface area contributed by atoms with E-state index in [4.69, 9.17) is 0 Å². The fourth-order valence-corrected chi connectivity index (χ4v) is 6.76. The molecule has 0 N–H and O–H groups in total. The Morgan fingerprint density at radius 1 is 1.12 bits per heavy atom. The minimum absolute atomic E-state index is 0.130. The maximum absolute atomic E-state index is 14.8. The van der Waals surface area contributed by atoms with Gasteiger partial charge >= 0.3 is 0 Å². The van der Waals surface area contributed by atoms with Crippen LogP contribution in [-0.2, 0) is 9.59 Å². The second kappa shape index (κ2) is 4.89. The Hall–Kier alpha value is -1.25. The van der Waals surface area contributed by atoms with Crippen LogP contribution < -0.4 is 0 Å². The van der Waals surface area contributed by atoms with Crippen molar-refractivity contribution in [1.82, 2.24) is 0 Å². The standard InChI is InChI=1S/C21H27FO2/c1-11-9-13-14-5-6-17(24)20(14,3)8-7-15(13)21(4)12(2)10-16(23)19(22)18(11)21/h12-15H,1,5-10H2,2-4H3/t12?,13-,14-,15+,20-,21+/m0/s1. The molecule has 0 amide bonds. The number of ketones is 2. The first-order valence-electron chi connectivity index (χ1n) is 9.36. The van der Waals surface area contributed by atoms with Crippen molar-refractivity contribution in [3.63, 3.8) is 0 Å². The van der Waals surface area contributed by atoms with Crippen LogP contribution in [0.1, 0.15) is 59.3 Å². The van der Waals surface area contributed by atoms with Crippen LogP contribution in [0.15, 0.2) is 23.6 Å². The number of carbonyl (C=O) groups excluding carboxylic acids is 2. The maximum atomic E-state index is 14.8. The molecule has 3 heteroatoms. The number of carbonyl (C=O) groups is 2. The topological polar surface area (TPSA) is 34.1 Å². The molecule has 0 saturated heterocycles. The summed E-state index contributed by atoms with van der Waals surface area (Å²) in [6, 6.07) is 0. The molecule has 130 valence electrons. The maximum Gasteiger partial charge on any atom is 0.191 e. The van der Waals surface area contributed by atoms with Crippen molar-refractivity contribution < 1.29 is 14.0 Å². The molecule has 6 atom stereocenters. The van der Waals surface area contributed by atoms with Crippen LogP contribution in [0.25, 0.3) is 0 Å². The van der Waals surface area contributed by atoms with Gasteiger partial charge in [0.25, 0.3) is 0 Å². The summed E-state index contributed by atoms with van der Waals surface area (Å²) < 4.78 is 14.8. The van der Waals surface area contributed by atoms with Crippen LogP contribution >= 0.6 is 0 Å². The molecule has 0 heterocycles. The Labute approximate surface area is 143 Å². The van der Waals surface area contributed by atoms with Crippen molar-refractivity contribution in [3.05, 3.63) is 23.6 Å². The number of Topliss-reactive ketones (excluding diaryl/α,β-unsaturated/α-hetero) is 2. The van der Waals surface area contributed by atoms with Crippen molar-refractivity contribution in [2.24, 2.45) is 34.5 Å². The molecule has 3 saturated carbocycles. The van der Waals surface area contributed by atoms with Crippen LogP contribution in [0.3, 0.4) is 0 Å². The molecule has 0 aromatic rings. The van der Waals surface area contributed by atoms with E-state index in [1.54, 1.807) is 0 Å². The number of hydrogen-bond acceptors (Lipinski definition) is 2. The van der Waals surface area contributed by atoms with Crippen LogP contribution in [0.4, 0.5) is 4.39 Å². The van der Waals surface area contributed by atoms with Crippen molar-refractivity contribution in [2.45, 2.75) is 59.3 Å². The number of hydrogen-bond donors (Lipinski definition) is 0. The fraction of sp³-hybridized carbons (Fsp3) is 0.714. The average molecular weight is 330 g/mol. The molecule has 24 heavy (non-hydrogen) atoms. The summed E-state index contributed by atoms with van der Waals surface area (Å²) in [4.78, 5) is 24.5. The lowest BCUT2D eigenvalue weighted by Crippen LogP contribution is -2.54. The SMILES string of the molecule is C=C1C[C@@H]2[C@@H](CC[C@]3(C)C(=O)CC[C@@H]23)[C@]2(C)C1=C(F)C(=O)CC2C. The Balaban J connectivity index is 1.83. The summed E-state index contributed by atoms with van der Waals surface area (Å²) >= 11 is 0. The van der Waals surface area contributed by atoms with E-state index in [0.29, 0.717) is 42.0 Å². The molecule has 1 unspecified atom stereocenters. The van der Waals surface area contributed by atoms with E-state index in [0.717, 1.165) is 31.3 Å². The summed E-state index contributed by atoms with van der Waals surface area (Å²) in [7, 11) is 0. The summed E-state index contributed by atoms with van der Waals surface area (Å²) in [5.74, 6) is 0.815. The number of rotatable bonds is 0. The number of fused-ring (bicyclic) bond motifs is 5. The summed E-state index contributed by atoms with van der Waals surface area (Å²) in [5, 5.41) is 0. The van der Waals surface area contributed by atoms with Crippen LogP contribution in [-0.4, -0.2) is 11.6 Å². The zero-order valence-corrected chi connectivity index (χ0v) is 15.0. The minimum atomic E-state index is -0.533. The predicted octanol–water partition coefficient (Wildman–Crippen LogP) is 4.80. The third-order valence-electron chi connectivity index (χ3n) is 8.27. The lowest BCUT2D eigenvalue weighted by molar-refractivity contribution is -0.133. The Bertz CT molecular complexity index is 690. The van der Waals surface area contributed by atoms with Crippen LogP contribution in [0, 0.1) is 34.5 Å². The molecule has 3 fully saturated rings. The number of halogens is 1. The van der Waals surface area contributed by atoms with Crippen molar-refractivity contribution in [3.8, 4) is 0 Å².